The fourth-order valence-electron chi connectivity index (χ4n) is 0.606. The maximum absolute atomic E-state index is 11.3. The molecule has 0 saturated heterocycles. The lowest BCUT2D eigenvalue weighted by Gasteiger charge is -1.98. The molecular formula is C4H7N5O3S. The van der Waals surface area contributed by atoms with Gasteiger partial charge < -0.3 is 10.4 Å². The molecule has 0 fully saturated rings. The maximum Gasteiger partial charge on any atom is 0.405 e. The number of tetrazole rings is 1. The van der Waals surface area contributed by atoms with Gasteiger partial charge in [0, 0.05) is 7.05 Å². The number of amides is 1. The Morgan fingerprint density at radius 1 is 1.77 bits per heavy atom. The second-order valence-electron chi connectivity index (χ2n) is 2.06. The predicted molar refractivity (Wildman–Crippen MR) is 41.2 cm³/mol. The molecule has 1 atom stereocenters. The van der Waals surface area contributed by atoms with E-state index in [1.807, 2.05) is 5.32 Å². The van der Waals surface area contributed by atoms with E-state index in [0.717, 1.165) is 0 Å². The molecule has 13 heavy (non-hydrogen) atoms. The van der Waals surface area contributed by atoms with E-state index in [1.54, 1.807) is 0 Å². The van der Waals surface area contributed by atoms with Gasteiger partial charge in [0.05, 0.1) is 0 Å². The smallest absolute Gasteiger partial charge is 0.405 e. The number of hydrogen-bond acceptors (Lipinski definition) is 5. The van der Waals surface area contributed by atoms with Gasteiger partial charge in [-0.3, -0.25) is 0 Å². The van der Waals surface area contributed by atoms with Crippen molar-refractivity contribution in [1.82, 2.24) is 25.5 Å². The van der Waals surface area contributed by atoms with Gasteiger partial charge in [-0.05, 0) is 10.4 Å². The van der Waals surface area contributed by atoms with Crippen LogP contribution in [-0.4, -0.2) is 41.5 Å². The van der Waals surface area contributed by atoms with Crippen LogP contribution in [0.5, 0.6) is 0 Å². The van der Waals surface area contributed by atoms with E-state index < -0.39 is 16.9 Å². The Hall–Kier alpha value is -1.51. The van der Waals surface area contributed by atoms with Crippen molar-refractivity contribution in [2.24, 2.45) is 7.05 Å². The van der Waals surface area contributed by atoms with Crippen LogP contribution >= 0.6 is 0 Å². The first kappa shape index (κ1) is 9.58. The summed E-state index contributed by atoms with van der Waals surface area (Å²) >= 11 is 0. The summed E-state index contributed by atoms with van der Waals surface area (Å²) < 4.78 is 12.5. The van der Waals surface area contributed by atoms with Gasteiger partial charge in [0.1, 0.15) is 16.7 Å². The SMILES string of the molecule is Cn1nnnc1S(=O)CNC(=O)O. The number of nitrogens with zero attached hydrogens (tertiary/aromatic N) is 4. The summed E-state index contributed by atoms with van der Waals surface area (Å²) in [6.07, 6.45) is -1.23. The van der Waals surface area contributed by atoms with Crippen LogP contribution in [0.2, 0.25) is 0 Å². The summed E-state index contributed by atoms with van der Waals surface area (Å²) in [6, 6.07) is 0. The third-order valence-corrected chi connectivity index (χ3v) is 2.30. The van der Waals surface area contributed by atoms with Crippen LogP contribution in [0.3, 0.4) is 0 Å². The maximum atomic E-state index is 11.3. The Labute approximate surface area is 75.4 Å². The van der Waals surface area contributed by atoms with E-state index in [2.05, 4.69) is 15.5 Å². The molecule has 2 N–H and O–H groups in total. The average molecular weight is 205 g/mol. The summed E-state index contributed by atoms with van der Waals surface area (Å²) in [5, 5.41) is 20.5. The van der Waals surface area contributed by atoms with E-state index in [-0.39, 0.29) is 11.0 Å². The Morgan fingerprint density at radius 3 is 2.92 bits per heavy atom. The first-order valence-corrected chi connectivity index (χ1v) is 4.50. The number of nitrogens with one attached hydrogen (secondary N) is 1. The average Bonchev–Trinajstić information content (AvgIpc) is 2.47. The van der Waals surface area contributed by atoms with Crippen molar-refractivity contribution in [3.8, 4) is 0 Å². The number of hydrogen-bond donors (Lipinski definition) is 2. The Balaban J connectivity index is 2.59. The minimum Gasteiger partial charge on any atom is -0.465 e. The highest BCUT2D eigenvalue weighted by atomic mass is 32.2. The molecule has 0 aliphatic carbocycles. The molecular weight excluding hydrogens is 198 g/mol. The Bertz CT molecular complexity index is 336. The van der Waals surface area contributed by atoms with Crippen LogP contribution in [0.1, 0.15) is 0 Å². The van der Waals surface area contributed by atoms with Gasteiger partial charge in [-0.15, -0.1) is 0 Å². The van der Waals surface area contributed by atoms with Crippen molar-refractivity contribution in [2.45, 2.75) is 5.16 Å². The van der Waals surface area contributed by atoms with E-state index in [9.17, 15) is 9.00 Å². The van der Waals surface area contributed by atoms with Gasteiger partial charge >= 0.3 is 6.09 Å². The van der Waals surface area contributed by atoms with E-state index in [4.69, 9.17) is 5.11 Å². The molecule has 1 aromatic heterocycles. The zero-order valence-electron chi connectivity index (χ0n) is 6.67. The molecule has 9 heteroatoms. The third kappa shape index (κ3) is 2.47. The van der Waals surface area contributed by atoms with Crippen LogP contribution in [0.15, 0.2) is 5.16 Å². The quantitative estimate of drug-likeness (QED) is 0.624. The molecule has 0 bridgehead atoms. The van der Waals surface area contributed by atoms with Crippen molar-refractivity contribution in [3.05, 3.63) is 0 Å². The minimum atomic E-state index is -1.55. The van der Waals surface area contributed by atoms with Gasteiger partial charge in [0.2, 0.25) is 5.16 Å². The topological polar surface area (TPSA) is 110 Å². The summed E-state index contributed by atoms with van der Waals surface area (Å²) in [5.74, 6) is -0.219. The lowest BCUT2D eigenvalue weighted by molar-refractivity contribution is 0.196. The largest absolute Gasteiger partial charge is 0.465 e. The van der Waals surface area contributed by atoms with Crippen molar-refractivity contribution in [2.75, 3.05) is 5.88 Å². The summed E-state index contributed by atoms with van der Waals surface area (Å²) in [4.78, 5) is 10.1. The molecule has 0 aliphatic rings. The summed E-state index contributed by atoms with van der Waals surface area (Å²) in [7, 11) is -0.0277. The van der Waals surface area contributed by atoms with Gasteiger partial charge in [-0.25, -0.2) is 13.7 Å². The van der Waals surface area contributed by atoms with E-state index in [0.29, 0.717) is 0 Å². The Kier molecular flexibility index (Phi) is 2.90. The van der Waals surface area contributed by atoms with Gasteiger partial charge in [0.15, 0.2) is 0 Å². The van der Waals surface area contributed by atoms with E-state index >= 15 is 0 Å². The van der Waals surface area contributed by atoms with Gasteiger partial charge in [-0.2, -0.15) is 0 Å². The molecule has 1 aromatic rings. The minimum absolute atomic E-state index is 0.133. The summed E-state index contributed by atoms with van der Waals surface area (Å²) in [5.41, 5.74) is 0. The second kappa shape index (κ2) is 3.94. The van der Waals surface area contributed by atoms with Crippen LogP contribution in [0, 0.1) is 0 Å². The van der Waals surface area contributed by atoms with Crippen molar-refractivity contribution in [1.29, 1.82) is 0 Å². The van der Waals surface area contributed by atoms with Crippen molar-refractivity contribution < 1.29 is 14.1 Å². The first-order valence-electron chi connectivity index (χ1n) is 3.19. The standard InChI is InChI=1S/C4H7N5O3S/c1-9-3(6-7-8-9)13(12)2-5-4(10)11/h5H,2H2,1H3,(H,10,11). The number of carbonyl (C=O) groups is 1. The molecule has 8 nitrogen and oxygen atoms in total. The highest BCUT2D eigenvalue weighted by Crippen LogP contribution is 1.95. The zero-order valence-corrected chi connectivity index (χ0v) is 7.48. The van der Waals surface area contributed by atoms with Crippen LogP contribution in [0.4, 0.5) is 4.79 Å². The van der Waals surface area contributed by atoms with Gasteiger partial charge in [-0.1, -0.05) is 5.10 Å². The number of carboxylic acid groups (broad SMARTS) is 1. The Morgan fingerprint density at radius 2 is 2.46 bits per heavy atom. The summed E-state index contributed by atoms with van der Waals surface area (Å²) in [6.45, 7) is 0. The third-order valence-electron chi connectivity index (χ3n) is 1.14. The first-order chi connectivity index (χ1) is 6.11. The monoisotopic (exact) mass is 205 g/mol. The lowest BCUT2D eigenvalue weighted by Crippen LogP contribution is -2.26. The molecule has 1 unspecified atom stereocenters. The molecule has 0 spiro atoms. The molecule has 0 aliphatic heterocycles. The molecule has 0 radical (unpaired) electrons. The normalized spacial score (nSPS) is 12.4. The molecule has 0 saturated carbocycles. The number of aromatic nitrogens is 4. The van der Waals surface area contributed by atoms with E-state index in [1.165, 1.54) is 11.7 Å². The molecule has 1 heterocycles. The molecule has 1 amide bonds. The van der Waals surface area contributed by atoms with Crippen molar-refractivity contribution >= 4 is 16.9 Å². The lowest BCUT2D eigenvalue weighted by atomic mass is 11.1. The second-order valence-corrected chi connectivity index (χ2v) is 3.40. The van der Waals surface area contributed by atoms with Crippen LogP contribution in [-0.2, 0) is 17.8 Å². The highest BCUT2D eigenvalue weighted by Gasteiger charge is 2.11. The number of rotatable bonds is 3. The fourth-order valence-corrected chi connectivity index (χ4v) is 1.45. The van der Waals surface area contributed by atoms with Crippen LogP contribution in [0.25, 0.3) is 0 Å². The van der Waals surface area contributed by atoms with Crippen molar-refractivity contribution in [3.63, 3.8) is 0 Å². The molecule has 0 aromatic carbocycles. The predicted octanol–water partition coefficient (Wildman–Crippen LogP) is -1.46. The zero-order chi connectivity index (χ0) is 9.84. The van der Waals surface area contributed by atoms with Crippen LogP contribution < -0.4 is 5.32 Å². The van der Waals surface area contributed by atoms with Gasteiger partial charge in [0.25, 0.3) is 0 Å². The molecule has 72 valence electrons. The molecule has 1 rings (SSSR count). The highest BCUT2D eigenvalue weighted by molar-refractivity contribution is 7.84. The fraction of sp³-hybridized carbons (Fsp3) is 0.500. The number of aryl methyl sites for hydroxylation is 1.